The predicted molar refractivity (Wildman–Crippen MR) is 86.3 cm³/mol. The fourth-order valence-electron chi connectivity index (χ4n) is 2.70. The number of methoxy groups -OCH3 is 1. The summed E-state index contributed by atoms with van der Waals surface area (Å²) in [5, 5.41) is 4.00. The van der Waals surface area contributed by atoms with Crippen molar-refractivity contribution in [3.05, 3.63) is 47.7 Å². The van der Waals surface area contributed by atoms with Crippen LogP contribution in [0.3, 0.4) is 0 Å². The van der Waals surface area contributed by atoms with Crippen LogP contribution in [0.15, 0.2) is 35.2 Å². The first-order chi connectivity index (χ1) is 11.2. The third kappa shape index (κ3) is 3.26. The molecule has 0 radical (unpaired) electrons. The topological polar surface area (TPSA) is 66.0 Å². The van der Waals surface area contributed by atoms with Crippen molar-refractivity contribution in [3.8, 4) is 17.3 Å². The van der Waals surface area contributed by atoms with Gasteiger partial charge in [-0.1, -0.05) is 5.16 Å². The van der Waals surface area contributed by atoms with Crippen LogP contribution in [0.4, 0.5) is 0 Å². The van der Waals surface area contributed by atoms with Crippen LogP contribution in [0.1, 0.15) is 23.4 Å². The van der Waals surface area contributed by atoms with Gasteiger partial charge in [0.05, 0.1) is 12.8 Å². The number of aryl methyl sites for hydroxylation is 3. The zero-order valence-electron chi connectivity index (χ0n) is 13.6. The number of aromatic nitrogens is 4. The van der Waals surface area contributed by atoms with Crippen LogP contribution < -0.4 is 4.74 Å². The minimum absolute atomic E-state index is 0.591. The van der Waals surface area contributed by atoms with Crippen molar-refractivity contribution in [2.24, 2.45) is 0 Å². The highest BCUT2D eigenvalue weighted by Crippen LogP contribution is 2.21. The van der Waals surface area contributed by atoms with Crippen molar-refractivity contribution in [3.63, 3.8) is 0 Å². The molecule has 0 aromatic carbocycles. The maximum atomic E-state index is 5.21. The molecule has 0 unspecified atom stereocenters. The first kappa shape index (κ1) is 15.3. The van der Waals surface area contributed by atoms with Crippen LogP contribution in [0.5, 0.6) is 5.88 Å². The lowest BCUT2D eigenvalue weighted by Crippen LogP contribution is -2.02. The Morgan fingerprint density at radius 2 is 2.09 bits per heavy atom. The average Bonchev–Trinajstić information content (AvgIpc) is 3.16. The minimum Gasteiger partial charge on any atom is -0.481 e. The highest BCUT2D eigenvalue weighted by atomic mass is 16.5. The second kappa shape index (κ2) is 6.64. The normalized spacial score (nSPS) is 10.9. The summed E-state index contributed by atoms with van der Waals surface area (Å²) in [5.74, 6) is 2.42. The maximum absolute atomic E-state index is 5.21. The molecule has 0 aliphatic heterocycles. The first-order valence-corrected chi connectivity index (χ1v) is 7.62. The van der Waals surface area contributed by atoms with Gasteiger partial charge in [-0.15, -0.1) is 0 Å². The number of pyridine rings is 1. The molecule has 3 aromatic heterocycles. The fourth-order valence-corrected chi connectivity index (χ4v) is 2.70. The average molecular weight is 312 g/mol. The van der Waals surface area contributed by atoms with Crippen LogP contribution in [-0.4, -0.2) is 26.8 Å². The molecule has 23 heavy (non-hydrogen) atoms. The Hall–Kier alpha value is -2.63. The first-order valence-electron chi connectivity index (χ1n) is 7.62. The van der Waals surface area contributed by atoms with Crippen molar-refractivity contribution in [2.45, 2.75) is 33.2 Å². The molecule has 0 bridgehead atoms. The third-order valence-corrected chi connectivity index (χ3v) is 3.92. The van der Waals surface area contributed by atoms with E-state index in [2.05, 4.69) is 19.7 Å². The zero-order valence-corrected chi connectivity index (χ0v) is 13.6. The summed E-state index contributed by atoms with van der Waals surface area (Å²) in [5.41, 5.74) is 3.18. The molecule has 6 heteroatoms. The van der Waals surface area contributed by atoms with Gasteiger partial charge in [0.2, 0.25) is 5.88 Å². The Kier molecular flexibility index (Phi) is 4.41. The number of hydrogen-bond donors (Lipinski definition) is 0. The van der Waals surface area contributed by atoms with Crippen LogP contribution in [-0.2, 0) is 13.0 Å². The zero-order chi connectivity index (χ0) is 16.2. The second-order valence-corrected chi connectivity index (χ2v) is 5.44. The molecular formula is C17H20N4O2. The van der Waals surface area contributed by atoms with Gasteiger partial charge in [-0.25, -0.2) is 9.97 Å². The summed E-state index contributed by atoms with van der Waals surface area (Å²) >= 11 is 0. The lowest BCUT2D eigenvalue weighted by atomic mass is 10.1. The van der Waals surface area contributed by atoms with Gasteiger partial charge in [-0.2, -0.15) is 0 Å². The van der Waals surface area contributed by atoms with E-state index in [1.54, 1.807) is 13.3 Å². The molecule has 0 fully saturated rings. The molecule has 3 rings (SSSR count). The lowest BCUT2D eigenvalue weighted by molar-refractivity contribution is 0.392. The summed E-state index contributed by atoms with van der Waals surface area (Å²) in [6.45, 7) is 4.82. The van der Waals surface area contributed by atoms with Crippen LogP contribution >= 0.6 is 0 Å². The lowest BCUT2D eigenvalue weighted by Gasteiger charge is -2.08. The van der Waals surface area contributed by atoms with Crippen LogP contribution in [0.25, 0.3) is 11.4 Å². The van der Waals surface area contributed by atoms with Crippen LogP contribution in [0.2, 0.25) is 0 Å². The van der Waals surface area contributed by atoms with Gasteiger partial charge in [0.25, 0.3) is 0 Å². The molecule has 0 amide bonds. The number of rotatable bonds is 6. The SMILES string of the molecule is COc1cc(-c2nccn2CCCc2c(C)noc2C)ccn1. The largest absolute Gasteiger partial charge is 0.481 e. The maximum Gasteiger partial charge on any atom is 0.213 e. The molecule has 6 nitrogen and oxygen atoms in total. The van der Waals surface area contributed by atoms with Gasteiger partial charge >= 0.3 is 0 Å². The van der Waals surface area contributed by atoms with Gasteiger partial charge in [0, 0.05) is 42.3 Å². The second-order valence-electron chi connectivity index (χ2n) is 5.44. The van der Waals surface area contributed by atoms with Gasteiger partial charge in [-0.05, 0) is 32.8 Å². The van der Waals surface area contributed by atoms with E-state index >= 15 is 0 Å². The summed E-state index contributed by atoms with van der Waals surface area (Å²) in [6, 6.07) is 3.84. The molecular weight excluding hydrogens is 292 g/mol. The summed E-state index contributed by atoms with van der Waals surface area (Å²) in [7, 11) is 1.61. The van der Waals surface area contributed by atoms with Crippen molar-refractivity contribution < 1.29 is 9.26 Å². The molecule has 0 spiro atoms. The Bertz CT molecular complexity index is 772. The van der Waals surface area contributed by atoms with Gasteiger partial charge in [-0.3, -0.25) is 0 Å². The molecule has 0 saturated heterocycles. The van der Waals surface area contributed by atoms with E-state index in [4.69, 9.17) is 9.26 Å². The number of imidazole rings is 1. The molecule has 3 aromatic rings. The summed E-state index contributed by atoms with van der Waals surface area (Å²) in [4.78, 5) is 8.60. The van der Waals surface area contributed by atoms with E-state index in [1.807, 2.05) is 38.4 Å². The number of nitrogens with zero attached hydrogens (tertiary/aromatic N) is 4. The smallest absolute Gasteiger partial charge is 0.213 e. The molecule has 0 saturated carbocycles. The minimum atomic E-state index is 0.591. The van der Waals surface area contributed by atoms with Gasteiger partial charge in [0.1, 0.15) is 11.6 Å². The summed E-state index contributed by atoms with van der Waals surface area (Å²) in [6.07, 6.45) is 7.48. The standard InChI is InChI=1S/C17H20N4O2/c1-12-15(13(2)23-20-12)5-4-9-21-10-8-19-17(21)14-6-7-18-16(11-14)22-3/h6-8,10-11H,4-5,9H2,1-3H3. The monoisotopic (exact) mass is 312 g/mol. The van der Waals surface area contributed by atoms with Crippen molar-refractivity contribution in [1.29, 1.82) is 0 Å². The molecule has 3 heterocycles. The fraction of sp³-hybridized carbons (Fsp3) is 0.353. The highest BCUT2D eigenvalue weighted by molar-refractivity contribution is 5.56. The van der Waals surface area contributed by atoms with E-state index in [-0.39, 0.29) is 0 Å². The molecule has 0 N–H and O–H groups in total. The van der Waals surface area contributed by atoms with Crippen molar-refractivity contribution in [2.75, 3.05) is 7.11 Å². The third-order valence-electron chi connectivity index (χ3n) is 3.92. The Labute approximate surface area is 135 Å². The van der Waals surface area contributed by atoms with E-state index in [0.29, 0.717) is 5.88 Å². The van der Waals surface area contributed by atoms with Gasteiger partial charge in [0.15, 0.2) is 0 Å². The summed E-state index contributed by atoms with van der Waals surface area (Å²) < 4.78 is 12.5. The van der Waals surface area contributed by atoms with Crippen molar-refractivity contribution in [1.82, 2.24) is 19.7 Å². The van der Waals surface area contributed by atoms with Gasteiger partial charge < -0.3 is 13.8 Å². The van der Waals surface area contributed by atoms with E-state index in [1.165, 1.54) is 5.56 Å². The molecule has 120 valence electrons. The Morgan fingerprint density at radius 3 is 2.83 bits per heavy atom. The Balaban J connectivity index is 1.71. The number of hydrogen-bond acceptors (Lipinski definition) is 5. The Morgan fingerprint density at radius 1 is 1.22 bits per heavy atom. The number of ether oxygens (including phenoxy) is 1. The van der Waals surface area contributed by atoms with Crippen LogP contribution in [0, 0.1) is 13.8 Å². The van der Waals surface area contributed by atoms with E-state index in [9.17, 15) is 0 Å². The molecule has 0 atom stereocenters. The molecule has 0 aliphatic carbocycles. The predicted octanol–water partition coefficient (Wildman–Crippen LogP) is 3.19. The van der Waals surface area contributed by atoms with E-state index < -0.39 is 0 Å². The quantitative estimate of drug-likeness (QED) is 0.699. The van der Waals surface area contributed by atoms with E-state index in [0.717, 1.165) is 42.2 Å². The highest BCUT2D eigenvalue weighted by Gasteiger charge is 2.10. The van der Waals surface area contributed by atoms with Crippen molar-refractivity contribution >= 4 is 0 Å². The molecule has 0 aliphatic rings.